The van der Waals surface area contributed by atoms with Gasteiger partial charge in [0.1, 0.15) is 17.4 Å². The van der Waals surface area contributed by atoms with Crippen molar-refractivity contribution in [3.63, 3.8) is 0 Å². The molecule has 0 aliphatic heterocycles. The second kappa shape index (κ2) is 9.97. The standard InChI is InChI=1S/C25H21F3N2OS/c26-25(27,28)21-10-6-18(7-11-21)14-29-16-24-30-15-23(32-24)20-8-12-22(13-9-20)31-17-19-4-2-1-3-5-19/h1-13,15,29H,14,16-17H2. The van der Waals surface area contributed by atoms with Crippen LogP contribution in [-0.2, 0) is 25.9 Å². The van der Waals surface area contributed by atoms with E-state index in [1.165, 1.54) is 12.1 Å². The summed E-state index contributed by atoms with van der Waals surface area (Å²) in [5, 5.41) is 4.14. The van der Waals surface area contributed by atoms with Gasteiger partial charge in [-0.2, -0.15) is 13.2 Å². The molecule has 0 atom stereocenters. The number of rotatable bonds is 8. The van der Waals surface area contributed by atoms with E-state index in [1.54, 1.807) is 11.3 Å². The Kier molecular flexibility index (Phi) is 6.87. The van der Waals surface area contributed by atoms with Gasteiger partial charge in [-0.25, -0.2) is 4.98 Å². The second-order valence-corrected chi connectivity index (χ2v) is 8.33. The van der Waals surface area contributed by atoms with Crippen LogP contribution in [0.1, 0.15) is 21.7 Å². The van der Waals surface area contributed by atoms with Crippen molar-refractivity contribution in [2.75, 3.05) is 0 Å². The van der Waals surface area contributed by atoms with E-state index in [2.05, 4.69) is 10.3 Å². The largest absolute Gasteiger partial charge is 0.489 e. The van der Waals surface area contributed by atoms with Gasteiger partial charge in [-0.3, -0.25) is 0 Å². The quantitative estimate of drug-likeness (QED) is 0.322. The molecule has 0 saturated heterocycles. The van der Waals surface area contributed by atoms with Crippen molar-refractivity contribution in [3.05, 3.63) is 107 Å². The van der Waals surface area contributed by atoms with Crippen molar-refractivity contribution in [1.29, 1.82) is 0 Å². The zero-order chi connectivity index (χ0) is 22.4. The molecule has 0 saturated carbocycles. The molecule has 1 aromatic heterocycles. The molecule has 0 radical (unpaired) electrons. The van der Waals surface area contributed by atoms with Crippen LogP contribution in [0, 0.1) is 0 Å². The summed E-state index contributed by atoms with van der Waals surface area (Å²) < 4.78 is 43.7. The van der Waals surface area contributed by atoms with Gasteiger partial charge in [0.05, 0.1) is 10.4 Å². The normalized spacial score (nSPS) is 11.5. The van der Waals surface area contributed by atoms with Crippen LogP contribution in [-0.4, -0.2) is 4.98 Å². The molecule has 4 rings (SSSR count). The Bertz CT molecular complexity index is 1120. The maximum atomic E-state index is 12.6. The first-order valence-corrected chi connectivity index (χ1v) is 10.9. The van der Waals surface area contributed by atoms with E-state index in [0.717, 1.165) is 44.5 Å². The molecular weight excluding hydrogens is 433 g/mol. The number of thiazole rings is 1. The van der Waals surface area contributed by atoms with Crippen molar-refractivity contribution in [2.45, 2.75) is 25.9 Å². The van der Waals surface area contributed by atoms with Crippen molar-refractivity contribution in [2.24, 2.45) is 0 Å². The first-order valence-electron chi connectivity index (χ1n) is 10.1. The molecule has 0 bridgehead atoms. The number of benzene rings is 3. The van der Waals surface area contributed by atoms with E-state index in [0.29, 0.717) is 19.7 Å². The minimum Gasteiger partial charge on any atom is -0.489 e. The molecule has 3 aromatic carbocycles. The fourth-order valence-corrected chi connectivity index (χ4v) is 4.00. The van der Waals surface area contributed by atoms with Crippen LogP contribution >= 0.6 is 11.3 Å². The van der Waals surface area contributed by atoms with Crippen LogP contribution < -0.4 is 10.1 Å². The van der Waals surface area contributed by atoms with Crippen molar-refractivity contribution < 1.29 is 17.9 Å². The van der Waals surface area contributed by atoms with E-state index in [9.17, 15) is 13.2 Å². The number of hydrogen-bond donors (Lipinski definition) is 1. The van der Waals surface area contributed by atoms with Crippen molar-refractivity contribution >= 4 is 11.3 Å². The highest BCUT2D eigenvalue weighted by Gasteiger charge is 2.29. The van der Waals surface area contributed by atoms with Gasteiger partial charge in [0, 0.05) is 19.3 Å². The Morgan fingerprint density at radius 1 is 0.812 bits per heavy atom. The van der Waals surface area contributed by atoms with Gasteiger partial charge in [-0.05, 0) is 53.1 Å². The molecule has 0 aliphatic rings. The van der Waals surface area contributed by atoms with Gasteiger partial charge >= 0.3 is 6.18 Å². The fraction of sp³-hybridized carbons (Fsp3) is 0.160. The lowest BCUT2D eigenvalue weighted by Gasteiger charge is -2.08. The Labute approximate surface area is 188 Å². The highest BCUT2D eigenvalue weighted by atomic mass is 32.1. The average molecular weight is 455 g/mol. The lowest BCUT2D eigenvalue weighted by Crippen LogP contribution is -2.12. The molecule has 0 spiro atoms. The maximum absolute atomic E-state index is 12.6. The summed E-state index contributed by atoms with van der Waals surface area (Å²) in [5.74, 6) is 0.806. The van der Waals surface area contributed by atoms with E-state index < -0.39 is 11.7 Å². The minimum absolute atomic E-state index is 0.473. The van der Waals surface area contributed by atoms with Gasteiger partial charge in [-0.1, -0.05) is 42.5 Å². The van der Waals surface area contributed by atoms with Crippen LogP contribution in [0.2, 0.25) is 0 Å². The number of halogens is 3. The number of ether oxygens (including phenoxy) is 1. The van der Waals surface area contributed by atoms with Gasteiger partial charge in [0.2, 0.25) is 0 Å². The summed E-state index contributed by atoms with van der Waals surface area (Å²) in [6, 6.07) is 23.1. The Balaban J connectivity index is 1.28. The monoisotopic (exact) mass is 454 g/mol. The van der Waals surface area contributed by atoms with Crippen LogP contribution in [0.15, 0.2) is 85.1 Å². The molecule has 3 nitrogen and oxygen atoms in total. The molecule has 7 heteroatoms. The zero-order valence-electron chi connectivity index (χ0n) is 17.1. The molecule has 0 fully saturated rings. The Morgan fingerprint density at radius 3 is 2.22 bits per heavy atom. The number of alkyl halides is 3. The Morgan fingerprint density at radius 2 is 1.53 bits per heavy atom. The summed E-state index contributed by atoms with van der Waals surface area (Å²) in [6.45, 7) is 1.54. The summed E-state index contributed by atoms with van der Waals surface area (Å²) in [7, 11) is 0. The molecule has 1 N–H and O–H groups in total. The van der Waals surface area contributed by atoms with E-state index >= 15 is 0 Å². The summed E-state index contributed by atoms with van der Waals surface area (Å²) >= 11 is 1.58. The van der Waals surface area contributed by atoms with E-state index in [4.69, 9.17) is 4.74 Å². The molecule has 164 valence electrons. The van der Waals surface area contributed by atoms with Crippen LogP contribution in [0.3, 0.4) is 0 Å². The van der Waals surface area contributed by atoms with Gasteiger partial charge in [0.15, 0.2) is 0 Å². The molecule has 1 heterocycles. The lowest BCUT2D eigenvalue weighted by molar-refractivity contribution is -0.137. The molecule has 0 amide bonds. The smallest absolute Gasteiger partial charge is 0.416 e. The SMILES string of the molecule is FC(F)(F)c1ccc(CNCc2ncc(-c3ccc(OCc4ccccc4)cc3)s2)cc1. The number of aromatic nitrogens is 1. The zero-order valence-corrected chi connectivity index (χ0v) is 17.9. The second-order valence-electron chi connectivity index (χ2n) is 7.22. The fourth-order valence-electron chi connectivity index (χ4n) is 3.11. The first kappa shape index (κ1) is 22.0. The third kappa shape index (κ3) is 5.96. The van der Waals surface area contributed by atoms with E-state index in [-0.39, 0.29) is 0 Å². The molecule has 0 unspecified atom stereocenters. The number of nitrogens with zero attached hydrogens (tertiary/aromatic N) is 1. The highest BCUT2D eigenvalue weighted by molar-refractivity contribution is 7.15. The summed E-state index contributed by atoms with van der Waals surface area (Å²) in [6.07, 6.45) is -2.48. The van der Waals surface area contributed by atoms with Gasteiger partial charge in [-0.15, -0.1) is 11.3 Å². The lowest BCUT2D eigenvalue weighted by atomic mass is 10.1. The third-order valence-corrected chi connectivity index (χ3v) is 5.87. The highest BCUT2D eigenvalue weighted by Crippen LogP contribution is 2.30. The number of hydrogen-bond acceptors (Lipinski definition) is 4. The predicted octanol–water partition coefficient (Wildman–Crippen LogP) is 6.70. The van der Waals surface area contributed by atoms with Gasteiger partial charge in [0.25, 0.3) is 0 Å². The molecule has 32 heavy (non-hydrogen) atoms. The predicted molar refractivity (Wildman–Crippen MR) is 120 cm³/mol. The minimum atomic E-state index is -4.31. The average Bonchev–Trinajstić information content (AvgIpc) is 3.27. The third-order valence-electron chi connectivity index (χ3n) is 4.83. The Hall–Kier alpha value is -3.16. The van der Waals surface area contributed by atoms with Crippen molar-refractivity contribution in [3.8, 4) is 16.2 Å². The number of nitrogens with one attached hydrogen (secondary N) is 1. The first-order chi connectivity index (χ1) is 15.5. The van der Waals surface area contributed by atoms with Crippen LogP contribution in [0.4, 0.5) is 13.2 Å². The maximum Gasteiger partial charge on any atom is 0.416 e. The summed E-state index contributed by atoms with van der Waals surface area (Å²) in [4.78, 5) is 5.49. The van der Waals surface area contributed by atoms with Crippen LogP contribution in [0.5, 0.6) is 5.75 Å². The molecule has 0 aliphatic carbocycles. The summed E-state index contributed by atoms with van der Waals surface area (Å²) in [5.41, 5.74) is 2.33. The van der Waals surface area contributed by atoms with Gasteiger partial charge < -0.3 is 10.1 Å². The van der Waals surface area contributed by atoms with Crippen LogP contribution in [0.25, 0.3) is 10.4 Å². The van der Waals surface area contributed by atoms with E-state index in [1.807, 2.05) is 60.8 Å². The van der Waals surface area contributed by atoms with Crippen molar-refractivity contribution in [1.82, 2.24) is 10.3 Å². The topological polar surface area (TPSA) is 34.2 Å². The molecular formula is C25H21F3N2OS. The molecule has 4 aromatic rings.